The Hall–Kier alpha value is -3.79. The molecule has 0 saturated carbocycles. The van der Waals surface area contributed by atoms with Gasteiger partial charge in [-0.2, -0.15) is 0 Å². The first-order valence-electron chi connectivity index (χ1n) is 10.9. The summed E-state index contributed by atoms with van der Waals surface area (Å²) in [4.78, 5) is 4.83. The van der Waals surface area contributed by atoms with Crippen LogP contribution in [0.1, 0.15) is 17.0 Å². The molecular formula is C28H26N2O2. The van der Waals surface area contributed by atoms with Crippen molar-refractivity contribution >= 4 is 21.8 Å². The van der Waals surface area contributed by atoms with E-state index in [0.717, 1.165) is 39.5 Å². The fraction of sp³-hybridized carbons (Fsp3) is 0.179. The molecule has 1 aromatic heterocycles. The lowest BCUT2D eigenvalue weighted by Crippen LogP contribution is -2.13. The lowest BCUT2D eigenvalue weighted by molar-refractivity contribution is 0.271. The molecule has 4 aromatic carbocycles. The molecule has 0 unspecified atom stereocenters. The van der Waals surface area contributed by atoms with Crippen molar-refractivity contribution in [2.24, 2.45) is 0 Å². The van der Waals surface area contributed by atoms with Gasteiger partial charge in [-0.25, -0.2) is 4.98 Å². The summed E-state index contributed by atoms with van der Waals surface area (Å²) >= 11 is 0. The fourth-order valence-corrected chi connectivity index (χ4v) is 4.16. The van der Waals surface area contributed by atoms with Crippen molar-refractivity contribution in [2.45, 2.75) is 27.0 Å². The van der Waals surface area contributed by atoms with E-state index in [1.54, 1.807) is 0 Å². The minimum atomic E-state index is 0.399. The molecule has 0 atom stereocenters. The normalized spacial score (nSPS) is 11.2. The average molecular weight is 423 g/mol. The second kappa shape index (κ2) is 8.75. The van der Waals surface area contributed by atoms with Gasteiger partial charge in [0.1, 0.15) is 30.5 Å². The number of rotatable bonds is 7. The molecule has 0 radical (unpaired) electrons. The van der Waals surface area contributed by atoms with E-state index >= 15 is 0 Å². The van der Waals surface area contributed by atoms with Crippen LogP contribution in [-0.4, -0.2) is 16.2 Å². The van der Waals surface area contributed by atoms with Gasteiger partial charge in [0, 0.05) is 0 Å². The summed E-state index contributed by atoms with van der Waals surface area (Å²) in [7, 11) is 0. The maximum atomic E-state index is 6.17. The highest BCUT2D eigenvalue weighted by Crippen LogP contribution is 2.24. The number of nitrogens with zero attached hydrogens (tertiary/aromatic N) is 2. The molecule has 0 aliphatic rings. The molecule has 0 spiro atoms. The van der Waals surface area contributed by atoms with Crippen LogP contribution in [0.5, 0.6) is 11.5 Å². The van der Waals surface area contributed by atoms with Crippen molar-refractivity contribution in [3.8, 4) is 11.5 Å². The van der Waals surface area contributed by atoms with Crippen LogP contribution in [-0.2, 0) is 13.2 Å². The lowest BCUT2D eigenvalue weighted by atomic mass is 10.1. The summed E-state index contributed by atoms with van der Waals surface area (Å²) in [5.74, 6) is 2.70. The predicted molar refractivity (Wildman–Crippen MR) is 129 cm³/mol. The molecule has 160 valence electrons. The van der Waals surface area contributed by atoms with Gasteiger partial charge in [0.2, 0.25) is 0 Å². The van der Waals surface area contributed by atoms with Crippen LogP contribution >= 0.6 is 0 Å². The molecule has 32 heavy (non-hydrogen) atoms. The van der Waals surface area contributed by atoms with Crippen LogP contribution in [0.15, 0.2) is 84.9 Å². The number of ether oxygens (including phenoxy) is 2. The molecule has 0 bridgehead atoms. The molecule has 0 fully saturated rings. The predicted octanol–water partition coefficient (Wildman–Crippen LogP) is 6.46. The number of hydrogen-bond donors (Lipinski definition) is 0. The van der Waals surface area contributed by atoms with Crippen LogP contribution in [0.2, 0.25) is 0 Å². The maximum absolute atomic E-state index is 6.17. The quantitative estimate of drug-likeness (QED) is 0.302. The Morgan fingerprint density at radius 1 is 0.750 bits per heavy atom. The third-order valence-corrected chi connectivity index (χ3v) is 5.79. The number of aryl methyl sites for hydroxylation is 2. The zero-order chi connectivity index (χ0) is 21.9. The molecule has 0 amide bonds. The van der Waals surface area contributed by atoms with Crippen LogP contribution < -0.4 is 9.47 Å². The third-order valence-electron chi connectivity index (χ3n) is 5.79. The molecule has 0 aliphatic heterocycles. The molecule has 4 heteroatoms. The molecule has 0 aliphatic carbocycles. The number of aromatic nitrogens is 2. The fourth-order valence-electron chi connectivity index (χ4n) is 4.16. The summed E-state index contributed by atoms with van der Waals surface area (Å²) in [5, 5.41) is 2.37. The molecule has 0 N–H and O–H groups in total. The number of benzene rings is 4. The Morgan fingerprint density at radius 3 is 2.34 bits per heavy atom. The summed E-state index contributed by atoms with van der Waals surface area (Å²) in [6.07, 6.45) is 0. The monoisotopic (exact) mass is 422 g/mol. The second-order valence-corrected chi connectivity index (χ2v) is 8.04. The van der Waals surface area contributed by atoms with Crippen molar-refractivity contribution in [3.05, 3.63) is 102 Å². The number of fused-ring (bicyclic) bond motifs is 2. The molecule has 5 rings (SSSR count). The van der Waals surface area contributed by atoms with E-state index in [2.05, 4.69) is 66.9 Å². The zero-order valence-corrected chi connectivity index (χ0v) is 18.4. The van der Waals surface area contributed by atoms with Crippen molar-refractivity contribution in [3.63, 3.8) is 0 Å². The number of para-hydroxylation sites is 3. The molecule has 5 aromatic rings. The highest BCUT2D eigenvalue weighted by atomic mass is 16.5. The van der Waals surface area contributed by atoms with Crippen molar-refractivity contribution in [1.29, 1.82) is 0 Å². The lowest BCUT2D eigenvalue weighted by Gasteiger charge is -2.14. The van der Waals surface area contributed by atoms with Gasteiger partial charge in [0.05, 0.1) is 17.6 Å². The van der Waals surface area contributed by atoms with Crippen LogP contribution in [0.4, 0.5) is 0 Å². The Bertz CT molecular complexity index is 1370. The highest BCUT2D eigenvalue weighted by molar-refractivity contribution is 5.83. The second-order valence-electron chi connectivity index (χ2n) is 8.04. The van der Waals surface area contributed by atoms with Crippen molar-refractivity contribution < 1.29 is 9.47 Å². The van der Waals surface area contributed by atoms with Gasteiger partial charge in [-0.3, -0.25) is 0 Å². The van der Waals surface area contributed by atoms with Crippen LogP contribution in [0.25, 0.3) is 21.8 Å². The Labute approximate surface area is 188 Å². The smallest absolute Gasteiger partial charge is 0.148 e. The standard InChI is InChI=1S/C28H26N2O2/c1-20-8-7-9-21(2)28(20)31-17-16-30-26-13-6-5-12-25(26)29-27(30)19-32-24-15-14-22-10-3-4-11-23(22)18-24/h3-15,18H,16-17,19H2,1-2H3. The average Bonchev–Trinajstić information content (AvgIpc) is 3.17. The Kier molecular flexibility index (Phi) is 5.51. The van der Waals surface area contributed by atoms with E-state index in [1.807, 2.05) is 36.4 Å². The SMILES string of the molecule is Cc1cccc(C)c1OCCn1c(COc2ccc3ccccc3c2)nc2ccccc21. The van der Waals surface area contributed by atoms with Gasteiger partial charge in [-0.15, -0.1) is 0 Å². The van der Waals surface area contributed by atoms with Gasteiger partial charge in [0.25, 0.3) is 0 Å². The van der Waals surface area contributed by atoms with E-state index in [-0.39, 0.29) is 0 Å². The highest BCUT2D eigenvalue weighted by Gasteiger charge is 2.12. The zero-order valence-electron chi connectivity index (χ0n) is 18.4. The minimum absolute atomic E-state index is 0.399. The Morgan fingerprint density at radius 2 is 1.50 bits per heavy atom. The minimum Gasteiger partial charge on any atom is -0.491 e. The first kappa shape index (κ1) is 20.1. The van der Waals surface area contributed by atoms with Crippen molar-refractivity contribution in [2.75, 3.05) is 6.61 Å². The van der Waals surface area contributed by atoms with Crippen molar-refractivity contribution in [1.82, 2.24) is 9.55 Å². The van der Waals surface area contributed by atoms with E-state index < -0.39 is 0 Å². The van der Waals surface area contributed by atoms with Gasteiger partial charge in [-0.1, -0.05) is 60.7 Å². The van der Waals surface area contributed by atoms with Crippen LogP contribution in [0.3, 0.4) is 0 Å². The number of hydrogen-bond acceptors (Lipinski definition) is 3. The summed E-state index contributed by atoms with van der Waals surface area (Å²) in [6, 6.07) is 28.9. The molecule has 4 nitrogen and oxygen atoms in total. The van der Waals surface area contributed by atoms with Gasteiger partial charge in [0.15, 0.2) is 0 Å². The Balaban J connectivity index is 1.36. The van der Waals surface area contributed by atoms with E-state index in [0.29, 0.717) is 19.8 Å². The summed E-state index contributed by atoms with van der Waals surface area (Å²) < 4.78 is 14.5. The van der Waals surface area contributed by atoms with Gasteiger partial charge in [-0.05, 0) is 60.0 Å². The molecular weight excluding hydrogens is 396 g/mol. The van der Waals surface area contributed by atoms with Gasteiger partial charge < -0.3 is 14.0 Å². The topological polar surface area (TPSA) is 36.3 Å². The van der Waals surface area contributed by atoms with Crippen LogP contribution in [0, 0.1) is 13.8 Å². The molecule has 0 saturated heterocycles. The summed E-state index contributed by atoms with van der Waals surface area (Å²) in [5.41, 5.74) is 4.37. The van der Waals surface area contributed by atoms with E-state index in [9.17, 15) is 0 Å². The largest absolute Gasteiger partial charge is 0.491 e. The number of imidazole rings is 1. The molecule has 1 heterocycles. The van der Waals surface area contributed by atoms with E-state index in [1.165, 1.54) is 10.8 Å². The maximum Gasteiger partial charge on any atom is 0.148 e. The van der Waals surface area contributed by atoms with E-state index in [4.69, 9.17) is 14.5 Å². The third kappa shape index (κ3) is 4.04. The summed E-state index contributed by atoms with van der Waals surface area (Å²) in [6.45, 7) is 5.83. The first-order chi connectivity index (χ1) is 15.7. The van der Waals surface area contributed by atoms with Gasteiger partial charge >= 0.3 is 0 Å². The first-order valence-corrected chi connectivity index (χ1v) is 10.9.